The topological polar surface area (TPSA) is 92.8 Å². The molecule has 1 saturated heterocycles. The van der Waals surface area contributed by atoms with E-state index in [0.29, 0.717) is 43.3 Å². The molecular formula is C26H26F2N2O5S. The summed E-state index contributed by atoms with van der Waals surface area (Å²) in [5.41, 5.74) is 2.08. The van der Waals surface area contributed by atoms with Crippen LogP contribution in [0.25, 0.3) is 0 Å². The molecule has 2 aromatic carbocycles. The Morgan fingerprint density at radius 1 is 1.19 bits per heavy atom. The third kappa shape index (κ3) is 5.33. The average Bonchev–Trinajstić information content (AvgIpc) is 3.06. The fraction of sp³-hybridized carbons (Fsp3) is 0.308. The lowest BCUT2D eigenvalue weighted by atomic mass is 9.74. The summed E-state index contributed by atoms with van der Waals surface area (Å²) in [5, 5.41) is 0. The summed E-state index contributed by atoms with van der Waals surface area (Å²) in [7, 11) is -2.91. The number of amides is 2. The quantitative estimate of drug-likeness (QED) is 0.557. The maximum atomic E-state index is 13.4. The van der Waals surface area contributed by atoms with Gasteiger partial charge in [-0.25, -0.2) is 21.9 Å². The van der Waals surface area contributed by atoms with Crippen molar-refractivity contribution in [2.45, 2.75) is 44.0 Å². The first-order valence-corrected chi connectivity index (χ1v) is 12.9. The summed E-state index contributed by atoms with van der Waals surface area (Å²) in [4.78, 5) is 26.5. The molecule has 190 valence electrons. The standard InChI is InChI=1S/C26H26F2N2O5S/c1-26-10-4-6-18(8-9-23(31)29-36(33,34)22-13-19(27)12-20(28)14-22)25(26)30(24(32)15-26)16-17-5-3-7-21(11-17)35-2/h3,5,7-9,11-14H,4,6,10,15-16H2,1-2H3,(H,29,31)/b9-8+. The van der Waals surface area contributed by atoms with Crippen LogP contribution >= 0.6 is 0 Å². The van der Waals surface area contributed by atoms with Crippen molar-refractivity contribution in [3.8, 4) is 5.75 Å². The second-order valence-electron chi connectivity index (χ2n) is 9.20. The molecule has 0 aromatic heterocycles. The highest BCUT2D eigenvalue weighted by Gasteiger charge is 2.46. The van der Waals surface area contributed by atoms with E-state index in [2.05, 4.69) is 0 Å². The molecule has 2 amide bonds. The van der Waals surface area contributed by atoms with E-state index < -0.39 is 37.9 Å². The molecule has 0 bridgehead atoms. The number of hydrogen-bond donors (Lipinski definition) is 1. The summed E-state index contributed by atoms with van der Waals surface area (Å²) in [6.45, 7) is 2.35. The molecular weight excluding hydrogens is 490 g/mol. The fourth-order valence-electron chi connectivity index (χ4n) is 4.89. The summed E-state index contributed by atoms with van der Waals surface area (Å²) in [6, 6.07) is 9.21. The van der Waals surface area contributed by atoms with Crippen molar-refractivity contribution >= 4 is 21.8 Å². The minimum absolute atomic E-state index is 0.0247. The zero-order chi connectivity index (χ0) is 26.1. The SMILES string of the molecule is COc1cccc(CN2C(=O)CC3(C)CCCC(/C=C/C(=O)NS(=O)(=O)c4cc(F)cc(F)c4)=C23)c1. The number of likely N-dealkylation sites (tertiary alicyclic amines) is 1. The van der Waals surface area contributed by atoms with Gasteiger partial charge in [-0.2, -0.15) is 0 Å². The van der Waals surface area contributed by atoms with E-state index in [0.717, 1.165) is 35.8 Å². The number of nitrogens with one attached hydrogen (secondary N) is 1. The molecule has 0 saturated carbocycles. The number of rotatable bonds is 7. The van der Waals surface area contributed by atoms with Crippen LogP contribution in [0.5, 0.6) is 5.75 Å². The van der Waals surface area contributed by atoms with Gasteiger partial charge >= 0.3 is 0 Å². The lowest BCUT2D eigenvalue weighted by molar-refractivity contribution is -0.127. The highest BCUT2D eigenvalue weighted by atomic mass is 32.2. The van der Waals surface area contributed by atoms with Crippen molar-refractivity contribution < 1.29 is 31.5 Å². The number of ether oxygens (including phenoxy) is 1. The van der Waals surface area contributed by atoms with Crippen molar-refractivity contribution in [3.63, 3.8) is 0 Å². The Morgan fingerprint density at radius 2 is 1.92 bits per heavy atom. The predicted molar refractivity (Wildman–Crippen MR) is 128 cm³/mol. The molecule has 1 atom stereocenters. The van der Waals surface area contributed by atoms with E-state index in [-0.39, 0.29) is 5.91 Å². The monoisotopic (exact) mass is 516 g/mol. The first-order valence-electron chi connectivity index (χ1n) is 11.4. The number of hydrogen-bond acceptors (Lipinski definition) is 5. The molecule has 2 aliphatic rings. The van der Waals surface area contributed by atoms with Crippen molar-refractivity contribution in [2.75, 3.05) is 7.11 Å². The predicted octanol–water partition coefficient (Wildman–Crippen LogP) is 4.21. The first kappa shape index (κ1) is 25.6. The van der Waals surface area contributed by atoms with E-state index >= 15 is 0 Å². The van der Waals surface area contributed by atoms with Gasteiger partial charge in [-0.15, -0.1) is 0 Å². The maximum absolute atomic E-state index is 13.4. The molecule has 1 aliphatic heterocycles. The van der Waals surface area contributed by atoms with Gasteiger partial charge in [-0.3, -0.25) is 9.59 Å². The van der Waals surface area contributed by atoms with Gasteiger partial charge in [0.2, 0.25) is 5.91 Å². The molecule has 1 fully saturated rings. The number of fused-ring (bicyclic) bond motifs is 1. The largest absolute Gasteiger partial charge is 0.497 e. The minimum atomic E-state index is -4.48. The molecule has 0 spiro atoms. The first-order chi connectivity index (χ1) is 17.0. The third-order valence-corrected chi connectivity index (χ3v) is 7.78. The summed E-state index contributed by atoms with van der Waals surface area (Å²) in [6.07, 6.45) is 5.15. The molecule has 4 rings (SSSR count). The summed E-state index contributed by atoms with van der Waals surface area (Å²) >= 11 is 0. The molecule has 1 unspecified atom stereocenters. The van der Waals surface area contributed by atoms with Crippen LogP contribution in [-0.4, -0.2) is 32.2 Å². The van der Waals surface area contributed by atoms with E-state index in [9.17, 15) is 26.8 Å². The van der Waals surface area contributed by atoms with Gasteiger partial charge in [-0.05, 0) is 54.7 Å². The Hall–Kier alpha value is -3.53. The van der Waals surface area contributed by atoms with Crippen LogP contribution in [-0.2, 0) is 26.2 Å². The van der Waals surface area contributed by atoms with Crippen molar-refractivity contribution in [2.24, 2.45) is 5.41 Å². The number of carbonyl (C=O) groups excluding carboxylic acids is 2. The molecule has 2 aromatic rings. The van der Waals surface area contributed by atoms with Crippen LogP contribution in [0.15, 0.2) is 70.8 Å². The van der Waals surface area contributed by atoms with E-state index in [1.54, 1.807) is 16.7 Å². The second kappa shape index (κ2) is 9.85. The molecule has 0 radical (unpaired) electrons. The van der Waals surface area contributed by atoms with E-state index in [1.807, 2.05) is 31.2 Å². The average molecular weight is 517 g/mol. The minimum Gasteiger partial charge on any atom is -0.497 e. The number of halogens is 2. The van der Waals surface area contributed by atoms with Gasteiger partial charge < -0.3 is 9.64 Å². The smallest absolute Gasteiger partial charge is 0.264 e. The second-order valence-corrected chi connectivity index (χ2v) is 10.9. The normalized spacial score (nSPS) is 20.1. The molecule has 36 heavy (non-hydrogen) atoms. The Kier molecular flexibility index (Phi) is 6.99. The Morgan fingerprint density at radius 3 is 2.61 bits per heavy atom. The van der Waals surface area contributed by atoms with Crippen LogP contribution in [0.2, 0.25) is 0 Å². The van der Waals surface area contributed by atoms with Gasteiger partial charge in [0.05, 0.1) is 18.6 Å². The van der Waals surface area contributed by atoms with E-state index in [1.165, 1.54) is 6.08 Å². The van der Waals surface area contributed by atoms with Gasteiger partial charge in [0.15, 0.2) is 0 Å². The van der Waals surface area contributed by atoms with Crippen molar-refractivity contribution in [1.82, 2.24) is 9.62 Å². The van der Waals surface area contributed by atoms with Crippen LogP contribution < -0.4 is 9.46 Å². The molecule has 1 aliphatic carbocycles. The van der Waals surface area contributed by atoms with Gasteiger partial charge in [0.25, 0.3) is 15.9 Å². The lowest BCUT2D eigenvalue weighted by Gasteiger charge is -2.34. The number of carbonyl (C=O) groups is 2. The molecule has 7 nitrogen and oxygen atoms in total. The zero-order valence-electron chi connectivity index (χ0n) is 19.9. The van der Waals surface area contributed by atoms with Gasteiger partial charge in [0, 0.05) is 29.7 Å². The van der Waals surface area contributed by atoms with Crippen LogP contribution in [0.1, 0.15) is 38.2 Å². The highest BCUT2D eigenvalue weighted by Crippen LogP contribution is 2.50. The zero-order valence-corrected chi connectivity index (χ0v) is 20.7. The maximum Gasteiger partial charge on any atom is 0.264 e. The third-order valence-electron chi connectivity index (χ3n) is 6.45. The van der Waals surface area contributed by atoms with Crippen LogP contribution in [0.3, 0.4) is 0 Å². The number of sulfonamides is 1. The fourth-order valence-corrected chi connectivity index (χ4v) is 5.87. The van der Waals surface area contributed by atoms with Crippen molar-refractivity contribution in [3.05, 3.63) is 83.1 Å². The summed E-state index contributed by atoms with van der Waals surface area (Å²) in [5.74, 6) is -2.47. The number of allylic oxidation sites excluding steroid dienone is 3. The Labute approximate surface area is 208 Å². The molecule has 1 N–H and O–H groups in total. The number of nitrogens with zero attached hydrogens (tertiary/aromatic N) is 1. The van der Waals surface area contributed by atoms with E-state index in [4.69, 9.17) is 4.74 Å². The highest BCUT2D eigenvalue weighted by molar-refractivity contribution is 7.90. The van der Waals surface area contributed by atoms with Crippen LogP contribution in [0.4, 0.5) is 8.78 Å². The molecule has 1 heterocycles. The molecule has 10 heteroatoms. The Balaban J connectivity index is 1.60. The van der Waals surface area contributed by atoms with Gasteiger partial charge in [-0.1, -0.05) is 25.1 Å². The number of methoxy groups -OCH3 is 1. The Bertz CT molecular complexity index is 1370. The van der Waals surface area contributed by atoms with Crippen molar-refractivity contribution in [1.29, 1.82) is 0 Å². The van der Waals surface area contributed by atoms with Gasteiger partial charge in [0.1, 0.15) is 17.4 Å². The summed E-state index contributed by atoms with van der Waals surface area (Å²) < 4.78 is 58.8. The van der Waals surface area contributed by atoms with Crippen LogP contribution in [0, 0.1) is 17.0 Å². The lowest BCUT2D eigenvalue weighted by Crippen LogP contribution is -2.30. The number of benzene rings is 2.